The molecule has 0 saturated heterocycles. The SMILES string of the molecule is Cc1cc(C)c(N2C=CN(c3c(C)cc(C)cc3C)P2C(C#N)CP(c2ccccc2)c2ccccc2)c(C)c1. The van der Waals surface area contributed by atoms with E-state index in [-0.39, 0.29) is 5.66 Å². The molecule has 0 bridgehead atoms. The van der Waals surface area contributed by atoms with Gasteiger partial charge >= 0.3 is 0 Å². The fraction of sp³-hybridized carbons (Fsp3) is 0.229. The van der Waals surface area contributed by atoms with Gasteiger partial charge in [-0.3, -0.25) is 0 Å². The Morgan fingerprint density at radius 2 is 1.02 bits per heavy atom. The molecule has 5 heteroatoms. The van der Waals surface area contributed by atoms with E-state index in [1.54, 1.807) is 0 Å². The zero-order chi connectivity index (χ0) is 28.4. The van der Waals surface area contributed by atoms with Crippen LogP contribution in [0.2, 0.25) is 0 Å². The lowest BCUT2D eigenvalue weighted by Gasteiger charge is -2.38. The van der Waals surface area contributed by atoms with Crippen LogP contribution in [0.3, 0.4) is 0 Å². The standard InChI is InChI=1S/C35H37N3P2/c1-25-19-27(3)34(28(4)20-25)37-17-18-38(35-29(5)21-26(2)22-30(35)6)40(37)33(23-36)24-39(31-13-9-7-10-14-31)32-15-11-8-12-16-32/h7-22,33H,24H2,1-6H3. The predicted molar refractivity (Wildman–Crippen MR) is 176 cm³/mol. The third-order valence-corrected chi connectivity index (χ3v) is 12.7. The van der Waals surface area contributed by atoms with Crippen LogP contribution in [0, 0.1) is 52.9 Å². The molecule has 0 saturated carbocycles. The molecule has 1 aliphatic heterocycles. The molecule has 0 fully saturated rings. The molecule has 202 valence electrons. The second kappa shape index (κ2) is 12.0. The quantitative estimate of drug-likeness (QED) is 0.212. The molecule has 0 amide bonds. The van der Waals surface area contributed by atoms with Gasteiger partial charge in [0.15, 0.2) is 0 Å². The van der Waals surface area contributed by atoms with Crippen LogP contribution in [0.4, 0.5) is 11.4 Å². The fourth-order valence-electron chi connectivity index (χ4n) is 6.00. The molecule has 0 N–H and O–H groups in total. The van der Waals surface area contributed by atoms with Gasteiger partial charge in [-0.2, -0.15) is 5.26 Å². The van der Waals surface area contributed by atoms with Crippen LogP contribution >= 0.6 is 16.1 Å². The summed E-state index contributed by atoms with van der Waals surface area (Å²) in [6, 6.07) is 33.4. The summed E-state index contributed by atoms with van der Waals surface area (Å²) in [6.07, 6.45) is 5.23. The van der Waals surface area contributed by atoms with E-state index < -0.39 is 16.1 Å². The summed E-state index contributed by atoms with van der Waals surface area (Å²) >= 11 is 0. The Balaban J connectivity index is 1.64. The summed E-state index contributed by atoms with van der Waals surface area (Å²) in [5.74, 6) is 0. The first-order valence-electron chi connectivity index (χ1n) is 13.8. The van der Waals surface area contributed by atoms with Crippen LogP contribution in [0.1, 0.15) is 33.4 Å². The maximum atomic E-state index is 10.9. The van der Waals surface area contributed by atoms with Crippen molar-refractivity contribution in [3.63, 3.8) is 0 Å². The third kappa shape index (κ3) is 5.58. The zero-order valence-electron chi connectivity index (χ0n) is 24.3. The lowest BCUT2D eigenvalue weighted by molar-refractivity contribution is 1.18. The molecule has 1 unspecified atom stereocenters. The van der Waals surface area contributed by atoms with Crippen LogP contribution in [0.5, 0.6) is 0 Å². The molecule has 0 radical (unpaired) electrons. The Hall–Kier alpha value is -3.43. The van der Waals surface area contributed by atoms with Crippen molar-refractivity contribution >= 4 is 38.1 Å². The first-order chi connectivity index (χ1) is 19.3. The molecule has 4 aromatic rings. The van der Waals surface area contributed by atoms with Crippen molar-refractivity contribution in [3.05, 3.63) is 131 Å². The van der Waals surface area contributed by atoms with E-state index in [0.29, 0.717) is 0 Å². The Bertz CT molecular complexity index is 1420. The largest absolute Gasteiger partial charge is 0.306 e. The first-order valence-corrected chi connectivity index (χ1v) is 16.6. The summed E-state index contributed by atoms with van der Waals surface area (Å²) in [7, 11) is -1.79. The average molecular weight is 562 g/mol. The van der Waals surface area contributed by atoms with E-state index in [9.17, 15) is 5.26 Å². The van der Waals surface area contributed by atoms with Gasteiger partial charge in [0, 0.05) is 12.4 Å². The zero-order valence-corrected chi connectivity index (χ0v) is 26.0. The maximum Gasteiger partial charge on any atom is 0.122 e. The minimum absolute atomic E-state index is 0.184. The van der Waals surface area contributed by atoms with Crippen molar-refractivity contribution in [2.75, 3.05) is 15.5 Å². The van der Waals surface area contributed by atoms with Gasteiger partial charge in [0.25, 0.3) is 0 Å². The van der Waals surface area contributed by atoms with Crippen LogP contribution in [-0.4, -0.2) is 11.8 Å². The average Bonchev–Trinajstić information content (AvgIpc) is 3.33. The molecule has 0 spiro atoms. The molecular formula is C35H37N3P2. The van der Waals surface area contributed by atoms with Crippen molar-refractivity contribution in [3.8, 4) is 6.07 Å². The van der Waals surface area contributed by atoms with E-state index in [1.165, 1.54) is 55.4 Å². The molecular weight excluding hydrogens is 524 g/mol. The van der Waals surface area contributed by atoms with E-state index >= 15 is 0 Å². The number of nitriles is 1. The fourth-order valence-corrected chi connectivity index (χ4v) is 11.6. The highest BCUT2D eigenvalue weighted by atomic mass is 31.1. The lowest BCUT2D eigenvalue weighted by Crippen LogP contribution is -2.28. The van der Waals surface area contributed by atoms with Gasteiger partial charge in [0.1, 0.15) is 13.9 Å². The van der Waals surface area contributed by atoms with E-state index in [4.69, 9.17) is 0 Å². The number of aryl methyl sites for hydroxylation is 6. The van der Waals surface area contributed by atoms with Crippen LogP contribution in [-0.2, 0) is 0 Å². The van der Waals surface area contributed by atoms with Gasteiger partial charge in [-0.15, -0.1) is 0 Å². The summed E-state index contributed by atoms with van der Waals surface area (Å²) in [5.41, 5.74) is 9.79. The first kappa shape index (κ1) is 28.1. The minimum Gasteiger partial charge on any atom is -0.306 e. The summed E-state index contributed by atoms with van der Waals surface area (Å²) in [5, 5.41) is 13.5. The Morgan fingerprint density at radius 3 is 1.38 bits per heavy atom. The van der Waals surface area contributed by atoms with Crippen molar-refractivity contribution in [1.29, 1.82) is 5.26 Å². The smallest absolute Gasteiger partial charge is 0.122 e. The predicted octanol–water partition coefficient (Wildman–Crippen LogP) is 8.67. The molecule has 0 aromatic heterocycles. The van der Waals surface area contributed by atoms with E-state index in [2.05, 4.69) is 154 Å². The highest BCUT2D eigenvalue weighted by Gasteiger charge is 2.40. The molecule has 0 aliphatic carbocycles. The molecule has 1 atom stereocenters. The van der Waals surface area contributed by atoms with Gasteiger partial charge in [0.2, 0.25) is 0 Å². The van der Waals surface area contributed by atoms with Gasteiger partial charge in [-0.05, 0) is 88.5 Å². The monoisotopic (exact) mass is 561 g/mol. The van der Waals surface area contributed by atoms with Crippen molar-refractivity contribution in [2.45, 2.75) is 47.2 Å². The number of hydrogen-bond acceptors (Lipinski definition) is 3. The Morgan fingerprint density at radius 1 is 0.650 bits per heavy atom. The van der Waals surface area contributed by atoms with E-state index in [1.807, 2.05) is 0 Å². The number of hydrogen-bond donors (Lipinski definition) is 0. The normalized spacial score (nSPS) is 14.2. The van der Waals surface area contributed by atoms with Gasteiger partial charge < -0.3 is 9.34 Å². The maximum absolute atomic E-state index is 10.9. The van der Waals surface area contributed by atoms with Crippen molar-refractivity contribution in [1.82, 2.24) is 0 Å². The second-order valence-electron chi connectivity index (χ2n) is 10.7. The molecule has 4 aromatic carbocycles. The minimum atomic E-state index is -1.07. The number of rotatable bonds is 7. The van der Waals surface area contributed by atoms with Crippen molar-refractivity contribution in [2.24, 2.45) is 0 Å². The van der Waals surface area contributed by atoms with Crippen molar-refractivity contribution < 1.29 is 0 Å². The van der Waals surface area contributed by atoms with Crippen LogP contribution in [0.15, 0.2) is 97.3 Å². The molecule has 5 rings (SSSR count). The van der Waals surface area contributed by atoms with Crippen LogP contribution in [0.25, 0.3) is 0 Å². The Kier molecular flexibility index (Phi) is 8.42. The summed E-state index contributed by atoms with van der Waals surface area (Å²) in [6.45, 7) is 13.1. The number of benzene rings is 4. The highest BCUT2D eigenvalue weighted by molar-refractivity contribution is 7.74. The number of nitrogens with zero attached hydrogens (tertiary/aromatic N) is 3. The van der Waals surface area contributed by atoms with Gasteiger partial charge in [0.05, 0.1) is 17.4 Å². The lowest BCUT2D eigenvalue weighted by atomic mass is 10.1. The molecule has 1 heterocycles. The van der Waals surface area contributed by atoms with Gasteiger partial charge in [-0.25, -0.2) is 0 Å². The van der Waals surface area contributed by atoms with Crippen LogP contribution < -0.4 is 19.9 Å². The van der Waals surface area contributed by atoms with E-state index in [0.717, 1.165) is 6.16 Å². The molecule has 1 aliphatic rings. The summed E-state index contributed by atoms with van der Waals surface area (Å²) < 4.78 is 4.85. The van der Waals surface area contributed by atoms with Gasteiger partial charge in [-0.1, -0.05) is 96.1 Å². The Labute approximate surface area is 242 Å². The second-order valence-corrected chi connectivity index (χ2v) is 15.1. The number of anilines is 2. The molecule has 40 heavy (non-hydrogen) atoms. The third-order valence-electron chi connectivity index (χ3n) is 7.44. The highest BCUT2D eigenvalue weighted by Crippen LogP contribution is 2.60. The molecule has 3 nitrogen and oxygen atoms in total. The summed E-state index contributed by atoms with van der Waals surface area (Å²) in [4.78, 5) is 0. The topological polar surface area (TPSA) is 30.3 Å².